The quantitative estimate of drug-likeness (QED) is 0.667. The molecule has 1 N–H and O–H groups in total. The van der Waals surface area contributed by atoms with Crippen molar-refractivity contribution >= 4 is 22.6 Å². The predicted octanol–water partition coefficient (Wildman–Crippen LogP) is 2.89. The molecule has 1 rings (SSSR count). The van der Waals surface area contributed by atoms with E-state index in [1.165, 1.54) is 12.1 Å². The lowest BCUT2D eigenvalue weighted by Gasteiger charge is -2.12. The maximum atomic E-state index is 12.8. The van der Waals surface area contributed by atoms with Crippen molar-refractivity contribution in [1.29, 1.82) is 0 Å². The Morgan fingerprint density at radius 1 is 1.53 bits per heavy atom. The predicted molar refractivity (Wildman–Crippen MR) is 65.2 cm³/mol. The van der Waals surface area contributed by atoms with E-state index in [9.17, 15) is 9.50 Å². The summed E-state index contributed by atoms with van der Waals surface area (Å²) in [6.07, 6.45) is 0.897. The summed E-state index contributed by atoms with van der Waals surface area (Å²) in [6, 6.07) is 4.43. The third kappa shape index (κ3) is 4.04. The van der Waals surface area contributed by atoms with Crippen LogP contribution in [-0.4, -0.2) is 18.8 Å². The van der Waals surface area contributed by atoms with E-state index in [0.717, 1.165) is 15.6 Å². The highest BCUT2D eigenvalue weighted by molar-refractivity contribution is 14.1. The van der Waals surface area contributed by atoms with E-state index in [4.69, 9.17) is 4.74 Å². The molecular weight excluding hydrogens is 310 g/mol. The Hall–Kier alpha value is -0.200. The van der Waals surface area contributed by atoms with E-state index >= 15 is 0 Å². The smallest absolute Gasteiger partial charge is 0.124 e. The third-order valence-corrected chi connectivity index (χ3v) is 3.08. The molecule has 1 atom stereocenters. The van der Waals surface area contributed by atoms with E-state index < -0.39 is 6.10 Å². The van der Waals surface area contributed by atoms with Gasteiger partial charge >= 0.3 is 0 Å². The molecule has 0 aromatic heterocycles. The molecule has 15 heavy (non-hydrogen) atoms. The summed E-state index contributed by atoms with van der Waals surface area (Å²) in [5.41, 5.74) is 0.785. The van der Waals surface area contributed by atoms with Crippen LogP contribution in [0, 0.1) is 9.39 Å². The monoisotopic (exact) mass is 324 g/mol. The van der Waals surface area contributed by atoms with Gasteiger partial charge < -0.3 is 9.84 Å². The number of aliphatic hydroxyl groups excluding tert-OH is 1. The summed E-state index contributed by atoms with van der Waals surface area (Å²) >= 11 is 2.03. The van der Waals surface area contributed by atoms with Crippen LogP contribution in [-0.2, 0) is 4.74 Å². The Balaban J connectivity index is 2.61. The molecule has 0 aliphatic carbocycles. The molecule has 0 saturated carbocycles. The van der Waals surface area contributed by atoms with Crippen LogP contribution >= 0.6 is 22.6 Å². The highest BCUT2D eigenvalue weighted by Crippen LogP contribution is 2.24. The van der Waals surface area contributed by atoms with Gasteiger partial charge in [-0.15, -0.1) is 0 Å². The minimum Gasteiger partial charge on any atom is -0.388 e. The molecule has 0 fully saturated rings. The Morgan fingerprint density at radius 2 is 2.27 bits per heavy atom. The van der Waals surface area contributed by atoms with Crippen LogP contribution in [0.1, 0.15) is 24.5 Å². The van der Waals surface area contributed by atoms with Gasteiger partial charge in [-0.1, -0.05) is 6.07 Å². The van der Waals surface area contributed by atoms with Gasteiger partial charge in [0.2, 0.25) is 0 Å². The van der Waals surface area contributed by atoms with Gasteiger partial charge in [0.1, 0.15) is 5.82 Å². The highest BCUT2D eigenvalue weighted by Gasteiger charge is 2.11. The third-order valence-electron chi connectivity index (χ3n) is 2.15. The van der Waals surface area contributed by atoms with Crippen molar-refractivity contribution in [3.05, 3.63) is 33.1 Å². The summed E-state index contributed by atoms with van der Waals surface area (Å²) in [5, 5.41) is 9.84. The summed E-state index contributed by atoms with van der Waals surface area (Å²) < 4.78 is 18.5. The molecule has 0 radical (unpaired) electrons. The fourth-order valence-corrected chi connectivity index (χ4v) is 2.19. The molecule has 1 aromatic rings. The second kappa shape index (κ2) is 6.40. The molecular formula is C11H14FIO2. The fourth-order valence-electron chi connectivity index (χ4n) is 1.35. The second-order valence-electron chi connectivity index (χ2n) is 3.32. The summed E-state index contributed by atoms with van der Waals surface area (Å²) in [6.45, 7) is 0.634. The number of ether oxygens (including phenoxy) is 1. The highest BCUT2D eigenvalue weighted by atomic mass is 127. The van der Waals surface area contributed by atoms with Gasteiger partial charge in [-0.05, 0) is 53.1 Å². The number of hydrogen-bond acceptors (Lipinski definition) is 2. The van der Waals surface area contributed by atoms with Crippen molar-refractivity contribution in [3.63, 3.8) is 0 Å². The van der Waals surface area contributed by atoms with E-state index in [2.05, 4.69) is 0 Å². The Morgan fingerprint density at radius 3 is 2.87 bits per heavy atom. The van der Waals surface area contributed by atoms with Crippen LogP contribution in [0.2, 0.25) is 0 Å². The molecule has 0 amide bonds. The van der Waals surface area contributed by atoms with Crippen LogP contribution in [0.5, 0.6) is 0 Å². The minimum absolute atomic E-state index is 0.271. The SMILES string of the molecule is COCCCC(O)c1ccc(F)cc1I. The Bertz CT molecular complexity index is 317. The van der Waals surface area contributed by atoms with Crippen molar-refractivity contribution in [2.24, 2.45) is 0 Å². The molecule has 1 aromatic carbocycles. The number of halogens is 2. The molecule has 2 nitrogen and oxygen atoms in total. The minimum atomic E-state index is -0.535. The zero-order valence-electron chi connectivity index (χ0n) is 8.54. The lowest BCUT2D eigenvalue weighted by atomic mass is 10.1. The first-order valence-corrected chi connectivity index (χ1v) is 5.85. The molecule has 0 aliphatic heterocycles. The number of aliphatic hydroxyl groups is 1. The van der Waals surface area contributed by atoms with Crippen molar-refractivity contribution in [3.8, 4) is 0 Å². The van der Waals surface area contributed by atoms with Gasteiger partial charge in [0.05, 0.1) is 6.10 Å². The van der Waals surface area contributed by atoms with Gasteiger partial charge in [0.15, 0.2) is 0 Å². The van der Waals surface area contributed by atoms with E-state index in [1.54, 1.807) is 13.2 Å². The molecule has 0 heterocycles. The van der Waals surface area contributed by atoms with Gasteiger partial charge in [0, 0.05) is 17.3 Å². The number of methoxy groups -OCH3 is 1. The normalized spacial score (nSPS) is 12.8. The fraction of sp³-hybridized carbons (Fsp3) is 0.455. The maximum Gasteiger partial charge on any atom is 0.124 e. The largest absolute Gasteiger partial charge is 0.388 e. The second-order valence-corrected chi connectivity index (χ2v) is 4.48. The van der Waals surface area contributed by atoms with Crippen molar-refractivity contribution in [1.82, 2.24) is 0 Å². The summed E-state index contributed by atoms with van der Waals surface area (Å²) in [4.78, 5) is 0. The first-order valence-electron chi connectivity index (χ1n) is 4.77. The Kier molecular flexibility index (Phi) is 5.49. The van der Waals surface area contributed by atoms with Crippen molar-refractivity contribution in [2.75, 3.05) is 13.7 Å². The van der Waals surface area contributed by atoms with E-state index in [0.29, 0.717) is 13.0 Å². The van der Waals surface area contributed by atoms with Gasteiger partial charge in [-0.2, -0.15) is 0 Å². The zero-order chi connectivity index (χ0) is 11.3. The van der Waals surface area contributed by atoms with Gasteiger partial charge in [-0.3, -0.25) is 0 Å². The zero-order valence-corrected chi connectivity index (χ0v) is 10.7. The van der Waals surface area contributed by atoms with Gasteiger partial charge in [-0.25, -0.2) is 4.39 Å². The lowest BCUT2D eigenvalue weighted by Crippen LogP contribution is -2.02. The van der Waals surface area contributed by atoms with Crippen molar-refractivity contribution in [2.45, 2.75) is 18.9 Å². The summed E-state index contributed by atoms with van der Waals surface area (Å²) in [7, 11) is 1.63. The molecule has 0 aliphatic rings. The number of rotatable bonds is 5. The lowest BCUT2D eigenvalue weighted by molar-refractivity contribution is 0.135. The maximum absolute atomic E-state index is 12.8. The molecule has 0 bridgehead atoms. The van der Waals surface area contributed by atoms with E-state index in [-0.39, 0.29) is 5.82 Å². The molecule has 1 unspecified atom stereocenters. The number of benzene rings is 1. The van der Waals surface area contributed by atoms with Crippen LogP contribution in [0.3, 0.4) is 0 Å². The van der Waals surface area contributed by atoms with Crippen LogP contribution < -0.4 is 0 Å². The average Bonchev–Trinajstić information content (AvgIpc) is 2.17. The van der Waals surface area contributed by atoms with Crippen LogP contribution in [0.15, 0.2) is 18.2 Å². The molecule has 4 heteroatoms. The Labute approximate surface area is 103 Å². The average molecular weight is 324 g/mol. The van der Waals surface area contributed by atoms with Crippen molar-refractivity contribution < 1.29 is 14.2 Å². The standard InChI is InChI=1S/C11H14FIO2/c1-15-6-2-3-11(14)9-5-4-8(12)7-10(9)13/h4-5,7,11,14H,2-3,6H2,1H3. The summed E-state index contributed by atoms with van der Waals surface area (Å²) in [5.74, 6) is -0.271. The molecule has 84 valence electrons. The van der Waals surface area contributed by atoms with E-state index in [1.807, 2.05) is 22.6 Å². The first kappa shape index (κ1) is 12.9. The first-order chi connectivity index (χ1) is 7.15. The topological polar surface area (TPSA) is 29.5 Å². The van der Waals surface area contributed by atoms with Crippen LogP contribution in [0.25, 0.3) is 0 Å². The van der Waals surface area contributed by atoms with Gasteiger partial charge in [0.25, 0.3) is 0 Å². The number of hydrogen-bond donors (Lipinski definition) is 1. The molecule has 0 saturated heterocycles. The van der Waals surface area contributed by atoms with Crippen LogP contribution in [0.4, 0.5) is 4.39 Å². The molecule has 0 spiro atoms.